The Morgan fingerprint density at radius 2 is 1.91 bits per heavy atom. The predicted octanol–water partition coefficient (Wildman–Crippen LogP) is 2.59. The fourth-order valence-corrected chi connectivity index (χ4v) is 4.58. The Labute approximate surface area is 195 Å². The summed E-state index contributed by atoms with van der Waals surface area (Å²) >= 11 is 5.90. The lowest BCUT2D eigenvalue weighted by molar-refractivity contribution is -0.138. The zero-order valence-electron chi connectivity index (χ0n) is 17.8. The summed E-state index contributed by atoms with van der Waals surface area (Å²) in [4.78, 5) is 42.1. The van der Waals surface area contributed by atoms with E-state index in [1.165, 1.54) is 9.80 Å². The van der Waals surface area contributed by atoms with E-state index in [0.29, 0.717) is 35.2 Å². The third-order valence-corrected chi connectivity index (χ3v) is 6.31. The SMILES string of the molecule is O=C(CN1C(=O)N(Cc2ccc3c(c2)OCO3)C(=O)C2NCCCC21)Nc1ccc(Cl)cc1. The van der Waals surface area contributed by atoms with Crippen LogP contribution in [0.5, 0.6) is 11.5 Å². The number of carbonyl (C=O) groups is 3. The van der Waals surface area contributed by atoms with E-state index in [2.05, 4.69) is 10.6 Å². The monoisotopic (exact) mass is 470 g/mol. The number of fused-ring (bicyclic) bond motifs is 2. The number of amides is 4. The Bertz CT molecular complexity index is 1090. The van der Waals surface area contributed by atoms with Crippen LogP contribution in [0.15, 0.2) is 42.5 Å². The average Bonchev–Trinajstić information content (AvgIpc) is 3.29. The lowest BCUT2D eigenvalue weighted by atomic mass is 9.93. The van der Waals surface area contributed by atoms with Crippen molar-refractivity contribution in [3.63, 3.8) is 0 Å². The van der Waals surface area contributed by atoms with Crippen LogP contribution in [-0.4, -0.2) is 59.6 Å². The summed E-state index contributed by atoms with van der Waals surface area (Å²) in [6.07, 6.45) is 1.47. The van der Waals surface area contributed by atoms with Crippen molar-refractivity contribution in [3.05, 3.63) is 53.1 Å². The first kappa shape index (κ1) is 21.5. The fraction of sp³-hybridized carbons (Fsp3) is 0.348. The molecule has 10 heteroatoms. The highest BCUT2D eigenvalue weighted by Crippen LogP contribution is 2.33. The van der Waals surface area contributed by atoms with Gasteiger partial charge < -0.3 is 25.0 Å². The van der Waals surface area contributed by atoms with Gasteiger partial charge in [-0.05, 0) is 61.3 Å². The highest BCUT2D eigenvalue weighted by atomic mass is 35.5. The van der Waals surface area contributed by atoms with E-state index in [-0.39, 0.29) is 37.7 Å². The van der Waals surface area contributed by atoms with Gasteiger partial charge in [0, 0.05) is 10.7 Å². The number of ether oxygens (including phenoxy) is 2. The number of carbonyl (C=O) groups excluding carboxylic acids is 3. The van der Waals surface area contributed by atoms with Gasteiger partial charge in [-0.2, -0.15) is 0 Å². The number of halogens is 1. The third kappa shape index (κ3) is 4.34. The molecule has 0 aliphatic carbocycles. The number of hydrogen-bond donors (Lipinski definition) is 2. The molecule has 172 valence electrons. The van der Waals surface area contributed by atoms with Crippen LogP contribution in [0.4, 0.5) is 10.5 Å². The lowest BCUT2D eigenvalue weighted by Crippen LogP contribution is -2.70. The number of rotatable bonds is 5. The third-order valence-electron chi connectivity index (χ3n) is 6.05. The summed E-state index contributed by atoms with van der Waals surface area (Å²) in [7, 11) is 0. The van der Waals surface area contributed by atoms with Crippen LogP contribution in [0.1, 0.15) is 18.4 Å². The highest BCUT2D eigenvalue weighted by molar-refractivity contribution is 6.30. The van der Waals surface area contributed by atoms with Gasteiger partial charge in [-0.3, -0.25) is 14.5 Å². The van der Waals surface area contributed by atoms with E-state index < -0.39 is 12.1 Å². The summed E-state index contributed by atoms with van der Waals surface area (Å²) in [5.41, 5.74) is 1.32. The number of benzene rings is 2. The number of nitrogens with one attached hydrogen (secondary N) is 2. The quantitative estimate of drug-likeness (QED) is 0.696. The van der Waals surface area contributed by atoms with E-state index in [4.69, 9.17) is 21.1 Å². The number of piperidine rings is 1. The van der Waals surface area contributed by atoms with E-state index in [1.807, 2.05) is 0 Å². The predicted molar refractivity (Wildman–Crippen MR) is 120 cm³/mol. The average molecular weight is 471 g/mol. The molecule has 3 aliphatic heterocycles. The second-order valence-corrected chi connectivity index (χ2v) is 8.66. The second-order valence-electron chi connectivity index (χ2n) is 8.22. The Hall–Kier alpha value is -3.30. The number of imide groups is 1. The molecule has 0 bridgehead atoms. The van der Waals surface area contributed by atoms with Crippen molar-refractivity contribution in [1.82, 2.24) is 15.1 Å². The van der Waals surface area contributed by atoms with Crippen molar-refractivity contribution in [1.29, 1.82) is 0 Å². The van der Waals surface area contributed by atoms with Gasteiger partial charge in [0.1, 0.15) is 12.6 Å². The van der Waals surface area contributed by atoms with Crippen molar-refractivity contribution >= 4 is 35.1 Å². The van der Waals surface area contributed by atoms with Crippen molar-refractivity contribution in [2.45, 2.75) is 31.5 Å². The van der Waals surface area contributed by atoms with Crippen LogP contribution in [0.25, 0.3) is 0 Å². The summed E-state index contributed by atoms with van der Waals surface area (Å²) in [5.74, 6) is 0.589. The fourth-order valence-electron chi connectivity index (χ4n) is 4.46. The molecule has 0 aromatic heterocycles. The van der Waals surface area contributed by atoms with E-state index in [1.54, 1.807) is 42.5 Å². The minimum Gasteiger partial charge on any atom is -0.454 e. The molecule has 0 saturated carbocycles. The molecule has 3 aliphatic rings. The molecule has 0 radical (unpaired) electrons. The Morgan fingerprint density at radius 1 is 1.12 bits per heavy atom. The van der Waals surface area contributed by atoms with Gasteiger partial charge in [0.15, 0.2) is 11.5 Å². The maximum absolute atomic E-state index is 13.4. The molecule has 2 aromatic rings. The largest absolute Gasteiger partial charge is 0.454 e. The Balaban J connectivity index is 1.35. The van der Waals surface area contributed by atoms with Crippen molar-refractivity contribution in [3.8, 4) is 11.5 Å². The number of nitrogens with zero attached hydrogens (tertiary/aromatic N) is 2. The minimum absolute atomic E-state index is 0.0779. The first-order valence-corrected chi connectivity index (χ1v) is 11.2. The number of hydrogen-bond acceptors (Lipinski definition) is 6. The molecule has 2 unspecified atom stereocenters. The molecule has 2 saturated heterocycles. The molecular formula is C23H23ClN4O5. The van der Waals surface area contributed by atoms with Crippen LogP contribution in [-0.2, 0) is 16.1 Å². The molecule has 2 N–H and O–H groups in total. The first-order valence-electron chi connectivity index (χ1n) is 10.8. The second kappa shape index (κ2) is 8.92. The zero-order chi connectivity index (χ0) is 22.9. The van der Waals surface area contributed by atoms with Gasteiger partial charge in [0.2, 0.25) is 18.6 Å². The molecule has 9 nitrogen and oxygen atoms in total. The van der Waals surface area contributed by atoms with E-state index >= 15 is 0 Å². The molecular weight excluding hydrogens is 448 g/mol. The van der Waals surface area contributed by atoms with Crippen LogP contribution < -0.4 is 20.1 Å². The van der Waals surface area contributed by atoms with Crippen molar-refractivity contribution in [2.75, 3.05) is 25.2 Å². The molecule has 3 heterocycles. The molecule has 33 heavy (non-hydrogen) atoms. The van der Waals surface area contributed by atoms with Crippen molar-refractivity contribution in [2.24, 2.45) is 0 Å². The van der Waals surface area contributed by atoms with Crippen LogP contribution in [0, 0.1) is 0 Å². The van der Waals surface area contributed by atoms with Crippen LogP contribution >= 0.6 is 11.6 Å². The maximum atomic E-state index is 13.4. The summed E-state index contributed by atoms with van der Waals surface area (Å²) in [6.45, 7) is 0.748. The Morgan fingerprint density at radius 3 is 2.73 bits per heavy atom. The molecule has 4 amide bonds. The normalized spacial score (nSPS) is 21.7. The molecule has 2 fully saturated rings. The van der Waals surface area contributed by atoms with Gasteiger partial charge in [-0.1, -0.05) is 17.7 Å². The van der Waals surface area contributed by atoms with Crippen molar-refractivity contribution < 1.29 is 23.9 Å². The summed E-state index contributed by atoms with van der Waals surface area (Å²) < 4.78 is 10.7. The molecule has 5 rings (SSSR count). The lowest BCUT2D eigenvalue weighted by Gasteiger charge is -2.46. The van der Waals surface area contributed by atoms with Gasteiger partial charge >= 0.3 is 6.03 Å². The van der Waals surface area contributed by atoms with Gasteiger partial charge in [0.25, 0.3) is 0 Å². The summed E-state index contributed by atoms with van der Waals surface area (Å²) in [6, 6.07) is 10.7. The minimum atomic E-state index is -0.547. The van der Waals surface area contributed by atoms with Crippen LogP contribution in [0.3, 0.4) is 0 Å². The zero-order valence-corrected chi connectivity index (χ0v) is 18.5. The van der Waals surface area contributed by atoms with Gasteiger partial charge in [-0.25, -0.2) is 4.79 Å². The van der Waals surface area contributed by atoms with E-state index in [0.717, 1.165) is 12.0 Å². The number of anilines is 1. The smallest absolute Gasteiger partial charge is 0.327 e. The Kier molecular flexibility index (Phi) is 5.82. The molecule has 2 atom stereocenters. The molecule has 0 spiro atoms. The highest BCUT2D eigenvalue weighted by Gasteiger charge is 2.47. The summed E-state index contributed by atoms with van der Waals surface area (Å²) in [5, 5.41) is 6.59. The first-order chi connectivity index (χ1) is 16.0. The maximum Gasteiger partial charge on any atom is 0.327 e. The van der Waals surface area contributed by atoms with Crippen LogP contribution in [0.2, 0.25) is 5.02 Å². The van der Waals surface area contributed by atoms with Gasteiger partial charge in [-0.15, -0.1) is 0 Å². The number of urea groups is 1. The molecule has 2 aromatic carbocycles. The van der Waals surface area contributed by atoms with E-state index in [9.17, 15) is 14.4 Å². The standard InChI is InChI=1S/C23H23ClN4O5/c24-15-4-6-16(7-5-15)26-20(29)12-27-17-2-1-9-25-21(17)22(30)28(23(27)31)11-14-3-8-18-19(10-14)33-13-32-18/h3-8,10,17,21,25H,1-2,9,11-13H2,(H,26,29). The topological polar surface area (TPSA) is 100 Å². The van der Waals surface area contributed by atoms with Gasteiger partial charge in [0.05, 0.1) is 12.6 Å².